The number of aromatic hydroxyl groups is 1. The zero-order chi connectivity index (χ0) is 19.6. The number of carbonyl (C=O) groups excluding carboxylic acids is 1. The van der Waals surface area contributed by atoms with Crippen LogP contribution in [-0.4, -0.2) is 47.8 Å². The Hall–Kier alpha value is -2.58. The fraction of sp³-hybridized carbons (Fsp3) is 0.389. The van der Waals surface area contributed by atoms with E-state index in [-0.39, 0.29) is 23.3 Å². The minimum absolute atomic E-state index is 0.120. The van der Waals surface area contributed by atoms with Crippen molar-refractivity contribution >= 4 is 29.3 Å². The highest BCUT2D eigenvalue weighted by Crippen LogP contribution is 2.36. The van der Waals surface area contributed by atoms with Crippen molar-refractivity contribution in [2.45, 2.75) is 19.4 Å². The van der Waals surface area contributed by atoms with E-state index in [1.807, 2.05) is 17.9 Å². The molecule has 0 radical (unpaired) electrons. The fourth-order valence-corrected chi connectivity index (χ4v) is 3.47. The number of phenolic OH excluding ortho intramolecular Hbond substituents is 1. The molecule has 1 amide bonds. The van der Waals surface area contributed by atoms with Gasteiger partial charge in [0.1, 0.15) is 11.6 Å². The highest BCUT2D eigenvalue weighted by Gasteiger charge is 2.28. The van der Waals surface area contributed by atoms with Gasteiger partial charge < -0.3 is 25.8 Å². The third kappa shape index (κ3) is 4.06. The molecule has 0 bridgehead atoms. The van der Waals surface area contributed by atoms with Gasteiger partial charge in [-0.3, -0.25) is 4.79 Å². The van der Waals surface area contributed by atoms with Gasteiger partial charge in [-0.05, 0) is 31.0 Å². The second-order valence-corrected chi connectivity index (χ2v) is 6.74. The molecule has 27 heavy (non-hydrogen) atoms. The SMILES string of the molecule is CNC(=O)c1cc(Cl)c(C2COCCCN2c2cc(C)nc(N)n2)cc1O. The average molecular weight is 392 g/mol. The van der Waals surface area contributed by atoms with Crippen molar-refractivity contribution in [3.05, 3.63) is 40.0 Å². The van der Waals surface area contributed by atoms with Crippen LogP contribution in [0.2, 0.25) is 5.02 Å². The minimum Gasteiger partial charge on any atom is -0.507 e. The van der Waals surface area contributed by atoms with Crippen LogP contribution in [0.4, 0.5) is 11.8 Å². The van der Waals surface area contributed by atoms with E-state index in [1.165, 1.54) is 19.2 Å². The number of rotatable bonds is 3. The number of hydrogen-bond donors (Lipinski definition) is 3. The Morgan fingerprint density at radius 3 is 2.89 bits per heavy atom. The van der Waals surface area contributed by atoms with E-state index in [1.54, 1.807) is 0 Å². The fourth-order valence-electron chi connectivity index (χ4n) is 3.18. The van der Waals surface area contributed by atoms with Gasteiger partial charge in [-0.25, -0.2) is 4.98 Å². The molecule has 144 valence electrons. The van der Waals surface area contributed by atoms with Crippen LogP contribution in [-0.2, 0) is 4.74 Å². The molecule has 1 fully saturated rings. The molecule has 2 heterocycles. The van der Waals surface area contributed by atoms with Crippen molar-refractivity contribution in [1.29, 1.82) is 0 Å². The van der Waals surface area contributed by atoms with Gasteiger partial charge in [-0.1, -0.05) is 11.6 Å². The van der Waals surface area contributed by atoms with Crippen LogP contribution in [0.5, 0.6) is 5.75 Å². The van der Waals surface area contributed by atoms with E-state index in [4.69, 9.17) is 22.1 Å². The molecular weight excluding hydrogens is 370 g/mol. The maximum absolute atomic E-state index is 11.9. The van der Waals surface area contributed by atoms with Crippen LogP contribution in [0, 0.1) is 6.92 Å². The summed E-state index contributed by atoms with van der Waals surface area (Å²) in [6.45, 7) is 3.49. The molecule has 1 aliphatic rings. The summed E-state index contributed by atoms with van der Waals surface area (Å²) in [4.78, 5) is 22.4. The molecule has 8 nitrogen and oxygen atoms in total. The van der Waals surface area contributed by atoms with Gasteiger partial charge in [0, 0.05) is 37.0 Å². The summed E-state index contributed by atoms with van der Waals surface area (Å²) in [6.07, 6.45) is 0.805. The number of nitrogens with two attached hydrogens (primary N) is 1. The largest absolute Gasteiger partial charge is 0.507 e. The number of anilines is 2. The van der Waals surface area contributed by atoms with E-state index < -0.39 is 5.91 Å². The lowest BCUT2D eigenvalue weighted by Crippen LogP contribution is -2.32. The van der Waals surface area contributed by atoms with Crippen LogP contribution in [0.15, 0.2) is 18.2 Å². The third-order valence-corrected chi connectivity index (χ3v) is 4.76. The number of aromatic nitrogens is 2. The number of carbonyl (C=O) groups is 1. The summed E-state index contributed by atoms with van der Waals surface area (Å²) in [5.41, 5.74) is 7.35. The molecule has 0 saturated carbocycles. The second-order valence-electron chi connectivity index (χ2n) is 6.33. The highest BCUT2D eigenvalue weighted by atomic mass is 35.5. The Balaban J connectivity index is 2.06. The van der Waals surface area contributed by atoms with Crippen molar-refractivity contribution in [2.24, 2.45) is 0 Å². The molecule has 1 saturated heterocycles. The number of nitrogens with one attached hydrogen (secondary N) is 1. The lowest BCUT2D eigenvalue weighted by Gasteiger charge is -2.31. The van der Waals surface area contributed by atoms with Gasteiger partial charge in [0.2, 0.25) is 5.95 Å². The summed E-state index contributed by atoms with van der Waals surface area (Å²) in [5.74, 6) is 0.310. The van der Waals surface area contributed by atoms with Crippen LogP contribution < -0.4 is 16.0 Å². The summed E-state index contributed by atoms with van der Waals surface area (Å²) in [7, 11) is 1.49. The summed E-state index contributed by atoms with van der Waals surface area (Å²) in [5, 5.41) is 13.2. The molecule has 4 N–H and O–H groups in total. The van der Waals surface area contributed by atoms with Crippen molar-refractivity contribution in [3.63, 3.8) is 0 Å². The van der Waals surface area contributed by atoms with Gasteiger partial charge in [0.05, 0.1) is 18.2 Å². The maximum Gasteiger partial charge on any atom is 0.254 e. The van der Waals surface area contributed by atoms with Gasteiger partial charge >= 0.3 is 0 Å². The lowest BCUT2D eigenvalue weighted by atomic mass is 10.0. The number of ether oxygens (including phenoxy) is 1. The normalized spacial score (nSPS) is 17.4. The number of nitrogens with zero attached hydrogens (tertiary/aromatic N) is 3. The van der Waals surface area contributed by atoms with Crippen LogP contribution in [0.3, 0.4) is 0 Å². The van der Waals surface area contributed by atoms with E-state index >= 15 is 0 Å². The van der Waals surface area contributed by atoms with Gasteiger partial charge in [-0.15, -0.1) is 0 Å². The van der Waals surface area contributed by atoms with Gasteiger partial charge in [0.15, 0.2) is 0 Å². The molecule has 1 unspecified atom stereocenters. The third-order valence-electron chi connectivity index (χ3n) is 4.44. The molecule has 3 rings (SSSR count). The zero-order valence-corrected chi connectivity index (χ0v) is 16.0. The summed E-state index contributed by atoms with van der Waals surface area (Å²) < 4.78 is 5.73. The Morgan fingerprint density at radius 2 is 2.19 bits per heavy atom. The number of nitrogen functional groups attached to an aromatic ring is 1. The Kier molecular flexibility index (Phi) is 5.67. The van der Waals surface area contributed by atoms with Gasteiger partial charge in [0.25, 0.3) is 5.91 Å². The first-order valence-electron chi connectivity index (χ1n) is 8.60. The quantitative estimate of drug-likeness (QED) is 0.733. The topological polar surface area (TPSA) is 114 Å². The number of hydrogen-bond acceptors (Lipinski definition) is 7. The first-order chi connectivity index (χ1) is 12.9. The Bertz CT molecular complexity index is 841. The standard InChI is InChI=1S/C18H22ClN5O3/c1-10-6-16(23-18(20)22-10)24-4-3-5-27-9-14(24)11-8-15(25)12(7-13(11)19)17(26)21-2/h6-8,14,25H,3-5,9H2,1-2H3,(H,21,26)(H2,20,22,23). The smallest absolute Gasteiger partial charge is 0.254 e. The molecule has 0 aliphatic carbocycles. The van der Waals surface area contributed by atoms with Crippen molar-refractivity contribution < 1.29 is 14.6 Å². The number of phenols is 1. The first kappa shape index (κ1) is 19.2. The number of amides is 1. The molecule has 0 spiro atoms. The molecular formula is C18H22ClN5O3. The molecule has 2 aromatic rings. The first-order valence-corrected chi connectivity index (χ1v) is 8.98. The maximum atomic E-state index is 11.9. The van der Waals surface area contributed by atoms with Gasteiger partial charge in [-0.2, -0.15) is 4.98 Å². The van der Waals surface area contributed by atoms with Crippen LogP contribution in [0.1, 0.15) is 34.1 Å². The van der Waals surface area contributed by atoms with E-state index in [0.29, 0.717) is 36.2 Å². The van der Waals surface area contributed by atoms with Crippen molar-refractivity contribution in [3.8, 4) is 5.75 Å². The van der Waals surface area contributed by atoms with E-state index in [0.717, 1.165) is 12.1 Å². The molecule has 1 aliphatic heterocycles. The highest BCUT2D eigenvalue weighted by molar-refractivity contribution is 6.32. The Labute approximate surface area is 162 Å². The molecule has 9 heteroatoms. The predicted octanol–water partition coefficient (Wildman–Crippen LogP) is 2.05. The Morgan fingerprint density at radius 1 is 1.41 bits per heavy atom. The summed E-state index contributed by atoms with van der Waals surface area (Å²) >= 11 is 6.47. The monoisotopic (exact) mass is 391 g/mol. The second kappa shape index (κ2) is 7.98. The molecule has 1 atom stereocenters. The molecule has 1 aromatic heterocycles. The summed E-state index contributed by atoms with van der Waals surface area (Å²) in [6, 6.07) is 4.53. The minimum atomic E-state index is -0.408. The number of benzene rings is 1. The predicted molar refractivity (Wildman–Crippen MR) is 103 cm³/mol. The van der Waals surface area contributed by atoms with Crippen LogP contribution in [0.25, 0.3) is 0 Å². The van der Waals surface area contributed by atoms with Crippen molar-refractivity contribution in [2.75, 3.05) is 37.4 Å². The van der Waals surface area contributed by atoms with Crippen LogP contribution >= 0.6 is 11.6 Å². The average Bonchev–Trinajstić information content (AvgIpc) is 2.87. The lowest BCUT2D eigenvalue weighted by molar-refractivity contribution is 0.0960. The van der Waals surface area contributed by atoms with Crippen molar-refractivity contribution in [1.82, 2.24) is 15.3 Å². The van der Waals surface area contributed by atoms with E-state index in [9.17, 15) is 9.90 Å². The number of aryl methyl sites for hydroxylation is 1. The van der Waals surface area contributed by atoms with E-state index in [2.05, 4.69) is 15.3 Å². The molecule has 1 aromatic carbocycles. The number of halogens is 1. The zero-order valence-electron chi connectivity index (χ0n) is 15.2.